The van der Waals surface area contributed by atoms with E-state index in [1.165, 1.54) is 77.0 Å². The molecule has 0 aliphatic rings. The van der Waals surface area contributed by atoms with E-state index in [1.54, 1.807) is 0 Å². The quantitative estimate of drug-likeness (QED) is 0.131. The van der Waals surface area contributed by atoms with Crippen LogP contribution in [0.3, 0.4) is 0 Å². The summed E-state index contributed by atoms with van der Waals surface area (Å²) in [5, 5.41) is 21.5. The van der Waals surface area contributed by atoms with Crippen molar-refractivity contribution in [3.8, 4) is 11.5 Å². The number of unbranched alkanes of at least 4 members (excludes halogenated alkanes) is 14. The molecule has 2 amide bonds. The van der Waals surface area contributed by atoms with E-state index in [2.05, 4.69) is 12.2 Å². The standard InChI is InChI=1S/C25H40INO5/c1-2-3-4-5-6-7-8-9-10-11-12-13-14-15-16-17-23(30)27-25(31)21-18-20(28)19-22(29)24(21)26-32/h18-19,28-29H,2-17H2,1H3,(H,27,30,31). The summed E-state index contributed by atoms with van der Waals surface area (Å²) in [6, 6.07) is 2.14. The molecule has 1 aromatic carbocycles. The number of phenolic OH excluding ortho intramolecular Hbond substituents is 2. The molecule has 182 valence electrons. The van der Waals surface area contributed by atoms with E-state index >= 15 is 0 Å². The number of benzene rings is 1. The number of hydrogen-bond acceptors (Lipinski definition) is 5. The van der Waals surface area contributed by atoms with Crippen molar-refractivity contribution < 1.29 is 22.9 Å². The highest BCUT2D eigenvalue weighted by Crippen LogP contribution is 2.30. The molecule has 0 saturated carbocycles. The average molecular weight is 562 g/mol. The first-order chi connectivity index (χ1) is 15.5. The van der Waals surface area contributed by atoms with Crippen LogP contribution in [0.1, 0.15) is 120 Å². The third-order valence-corrected chi connectivity index (χ3v) is 7.19. The molecule has 1 rings (SSSR count). The van der Waals surface area contributed by atoms with E-state index in [4.69, 9.17) is 0 Å². The Kier molecular flexibility index (Phi) is 16.0. The summed E-state index contributed by atoms with van der Waals surface area (Å²) < 4.78 is 11.3. The zero-order valence-corrected chi connectivity index (χ0v) is 21.6. The predicted octanol–water partition coefficient (Wildman–Crippen LogP) is 7.10. The van der Waals surface area contributed by atoms with Crippen molar-refractivity contribution in [1.29, 1.82) is 0 Å². The van der Waals surface area contributed by atoms with E-state index < -0.39 is 38.8 Å². The minimum Gasteiger partial charge on any atom is -0.508 e. The van der Waals surface area contributed by atoms with Gasteiger partial charge in [0.1, 0.15) is 15.1 Å². The number of amides is 2. The van der Waals surface area contributed by atoms with Crippen LogP contribution in [0, 0.1) is 3.57 Å². The van der Waals surface area contributed by atoms with Gasteiger partial charge >= 0.3 is 0 Å². The second kappa shape index (κ2) is 18.0. The zero-order chi connectivity index (χ0) is 23.6. The van der Waals surface area contributed by atoms with Crippen LogP contribution in [0.4, 0.5) is 0 Å². The van der Waals surface area contributed by atoms with Crippen LogP contribution < -0.4 is 5.32 Å². The Bertz CT molecular complexity index is 708. The lowest BCUT2D eigenvalue weighted by Crippen LogP contribution is -2.30. The Balaban J connectivity index is 2.04. The first kappa shape index (κ1) is 28.5. The van der Waals surface area contributed by atoms with Crippen molar-refractivity contribution in [2.75, 3.05) is 0 Å². The molecule has 3 N–H and O–H groups in total. The number of phenols is 2. The summed E-state index contributed by atoms with van der Waals surface area (Å²) in [5.41, 5.74) is -0.116. The summed E-state index contributed by atoms with van der Waals surface area (Å²) in [4.78, 5) is 24.2. The van der Waals surface area contributed by atoms with E-state index in [-0.39, 0.29) is 21.3 Å². The van der Waals surface area contributed by atoms with Crippen molar-refractivity contribution in [3.63, 3.8) is 0 Å². The number of carbonyl (C=O) groups is 2. The molecule has 6 nitrogen and oxygen atoms in total. The Morgan fingerprint density at radius 1 is 0.781 bits per heavy atom. The molecule has 0 fully saturated rings. The Morgan fingerprint density at radius 2 is 1.25 bits per heavy atom. The van der Waals surface area contributed by atoms with Gasteiger partial charge in [0, 0.05) is 12.5 Å². The van der Waals surface area contributed by atoms with Crippen LogP contribution in [0.25, 0.3) is 0 Å². The largest absolute Gasteiger partial charge is 0.508 e. The fourth-order valence-corrected chi connectivity index (χ4v) is 4.77. The fraction of sp³-hybridized carbons (Fsp3) is 0.680. The van der Waals surface area contributed by atoms with Gasteiger partial charge in [-0.05, 0) is 12.5 Å². The van der Waals surface area contributed by atoms with E-state index in [0.717, 1.165) is 25.0 Å². The Morgan fingerprint density at radius 3 is 1.72 bits per heavy atom. The molecule has 0 aliphatic carbocycles. The number of imide groups is 1. The molecule has 7 heteroatoms. The number of hydrogen-bond donors (Lipinski definition) is 3. The SMILES string of the molecule is CCCCCCCCCCCCCCCCCC(=O)NC(=O)c1cc(O)cc(O)c1I=O. The van der Waals surface area contributed by atoms with Gasteiger partial charge in [0.2, 0.25) is 5.91 Å². The van der Waals surface area contributed by atoms with E-state index in [1.807, 2.05) is 0 Å². The van der Waals surface area contributed by atoms with Crippen LogP contribution in [0.2, 0.25) is 0 Å². The van der Waals surface area contributed by atoms with Crippen molar-refractivity contribution in [3.05, 3.63) is 21.3 Å². The maximum absolute atomic E-state index is 12.2. The van der Waals surface area contributed by atoms with Crippen LogP contribution in [0.5, 0.6) is 11.5 Å². The zero-order valence-electron chi connectivity index (χ0n) is 19.5. The third-order valence-electron chi connectivity index (χ3n) is 5.62. The maximum atomic E-state index is 12.2. The third kappa shape index (κ3) is 12.5. The molecule has 0 aliphatic heterocycles. The maximum Gasteiger partial charge on any atom is 0.259 e. The lowest BCUT2D eigenvalue weighted by atomic mass is 10.0. The molecule has 32 heavy (non-hydrogen) atoms. The van der Waals surface area contributed by atoms with Crippen LogP contribution in [0.15, 0.2) is 12.1 Å². The summed E-state index contributed by atoms with van der Waals surface area (Å²) in [6.45, 7) is 2.25. The molecule has 1 aromatic rings. The minimum absolute atomic E-state index is 0.0149. The number of halogens is 1. The van der Waals surface area contributed by atoms with Gasteiger partial charge < -0.3 is 10.2 Å². The summed E-state index contributed by atoms with van der Waals surface area (Å²) in [5.74, 6) is -1.85. The Hall–Kier alpha value is -1.51. The second-order valence-electron chi connectivity index (χ2n) is 8.48. The highest BCUT2D eigenvalue weighted by Gasteiger charge is 2.19. The topological polar surface area (TPSA) is 104 Å². The number of nitrogens with one attached hydrogen (secondary N) is 1. The molecule has 0 aromatic heterocycles. The molecule has 0 spiro atoms. The first-order valence-electron chi connectivity index (χ1n) is 12.2. The van der Waals surface area contributed by atoms with Crippen molar-refractivity contribution in [2.24, 2.45) is 0 Å². The van der Waals surface area contributed by atoms with E-state index in [0.29, 0.717) is 6.42 Å². The number of aromatic hydroxyl groups is 2. The van der Waals surface area contributed by atoms with Crippen molar-refractivity contribution >= 4 is 33.0 Å². The van der Waals surface area contributed by atoms with Gasteiger partial charge in [0.15, 0.2) is 21.2 Å². The minimum atomic E-state index is -1.82. The van der Waals surface area contributed by atoms with Gasteiger partial charge in [-0.15, -0.1) is 0 Å². The summed E-state index contributed by atoms with van der Waals surface area (Å²) >= 11 is -1.82. The Labute approximate surface area is 203 Å². The molecular formula is C25H40INO5. The van der Waals surface area contributed by atoms with Gasteiger partial charge in [-0.25, -0.2) is 0 Å². The van der Waals surface area contributed by atoms with Crippen LogP contribution in [-0.2, 0) is 7.86 Å². The number of rotatable bonds is 18. The molecule has 0 bridgehead atoms. The molecule has 0 unspecified atom stereocenters. The van der Waals surface area contributed by atoms with Gasteiger partial charge in [0.25, 0.3) is 5.91 Å². The smallest absolute Gasteiger partial charge is 0.259 e. The second-order valence-corrected chi connectivity index (χ2v) is 10.00. The van der Waals surface area contributed by atoms with Crippen LogP contribution in [-0.4, -0.2) is 22.0 Å². The predicted molar refractivity (Wildman–Crippen MR) is 135 cm³/mol. The molecular weight excluding hydrogens is 521 g/mol. The van der Waals surface area contributed by atoms with Crippen molar-refractivity contribution in [1.82, 2.24) is 5.32 Å². The van der Waals surface area contributed by atoms with Gasteiger partial charge in [0.05, 0.1) is 5.56 Å². The first-order valence-corrected chi connectivity index (χ1v) is 14.1. The summed E-state index contributed by atoms with van der Waals surface area (Å²) in [7, 11) is 0. The number of carbonyl (C=O) groups excluding carboxylic acids is 2. The van der Waals surface area contributed by atoms with E-state index in [9.17, 15) is 22.9 Å². The summed E-state index contributed by atoms with van der Waals surface area (Å²) in [6.07, 6.45) is 18.9. The van der Waals surface area contributed by atoms with Crippen molar-refractivity contribution in [2.45, 2.75) is 110 Å². The normalized spacial score (nSPS) is 10.9. The molecule has 0 radical (unpaired) electrons. The van der Waals surface area contributed by atoms with Gasteiger partial charge in [-0.1, -0.05) is 96.8 Å². The lowest BCUT2D eigenvalue weighted by molar-refractivity contribution is -0.120. The average Bonchev–Trinajstić information content (AvgIpc) is 2.75. The highest BCUT2D eigenvalue weighted by atomic mass is 127. The molecule has 0 saturated heterocycles. The highest BCUT2D eigenvalue weighted by molar-refractivity contribution is 14.1. The monoisotopic (exact) mass is 561 g/mol. The molecule has 0 atom stereocenters. The van der Waals surface area contributed by atoms with Gasteiger partial charge in [-0.2, -0.15) is 0 Å². The fourth-order valence-electron chi connectivity index (χ4n) is 3.75. The van der Waals surface area contributed by atoms with Crippen LogP contribution >= 0.6 is 21.2 Å². The lowest BCUT2D eigenvalue weighted by Gasteiger charge is -2.08. The molecule has 0 heterocycles. The van der Waals surface area contributed by atoms with Gasteiger partial charge in [-0.3, -0.25) is 18.0 Å².